The van der Waals surface area contributed by atoms with Crippen LogP contribution in [0.15, 0.2) is 59.5 Å². The molecule has 8 rings (SSSR count). The molecule has 2 N–H and O–H groups in total. The van der Waals surface area contributed by atoms with Gasteiger partial charge in [-0.2, -0.15) is 10.4 Å². The molecule has 2 aromatic carbocycles. The zero-order valence-corrected chi connectivity index (χ0v) is 29.4. The van der Waals surface area contributed by atoms with Crippen LogP contribution < -0.4 is 16.3 Å². The van der Waals surface area contributed by atoms with Crippen LogP contribution in [0.5, 0.6) is 0 Å². The number of nitrogens with zero attached hydrogens (tertiary/aromatic N) is 7. The Morgan fingerprint density at radius 2 is 1.81 bits per heavy atom. The number of anilines is 1. The molecule has 3 aromatic heterocycles. The number of hydrogen-bond acceptors (Lipinski definition) is 8. The zero-order valence-electron chi connectivity index (χ0n) is 29.4. The van der Waals surface area contributed by atoms with Crippen LogP contribution in [-0.2, 0) is 16.6 Å². The summed E-state index contributed by atoms with van der Waals surface area (Å²) < 4.78 is 20.5. The number of aromatic nitrogens is 5. The summed E-state index contributed by atoms with van der Waals surface area (Å²) in [6.07, 6.45) is 8.18. The summed E-state index contributed by atoms with van der Waals surface area (Å²) in [6.45, 7) is 2.67. The maximum Gasteiger partial charge on any atom is 0.329 e. The number of imidazole rings is 1. The van der Waals surface area contributed by atoms with Gasteiger partial charge in [0.05, 0.1) is 22.6 Å². The highest BCUT2D eigenvalue weighted by molar-refractivity contribution is 6.04. The lowest BCUT2D eigenvalue weighted by molar-refractivity contribution is -0.135. The number of aryl methyl sites for hydroxylation is 1. The monoisotopic (exact) mass is 717 g/mol. The van der Waals surface area contributed by atoms with E-state index in [0.717, 1.165) is 69.1 Å². The quantitative estimate of drug-likeness (QED) is 0.224. The third kappa shape index (κ3) is 6.61. The fourth-order valence-electron chi connectivity index (χ4n) is 8.59. The van der Waals surface area contributed by atoms with Crippen molar-refractivity contribution in [3.8, 4) is 6.07 Å². The molecule has 2 aliphatic heterocycles. The van der Waals surface area contributed by atoms with Gasteiger partial charge in [-0.25, -0.2) is 14.2 Å². The normalized spacial score (nSPS) is 21.5. The number of rotatable bonds is 7. The molecule has 5 heterocycles. The number of imide groups is 1. The third-order valence-corrected chi connectivity index (χ3v) is 11.3. The summed E-state index contributed by atoms with van der Waals surface area (Å²) in [5.41, 5.74) is 3.07. The van der Waals surface area contributed by atoms with E-state index in [9.17, 15) is 19.2 Å². The molecule has 0 bridgehead atoms. The van der Waals surface area contributed by atoms with Crippen LogP contribution in [0.25, 0.3) is 21.9 Å². The van der Waals surface area contributed by atoms with Gasteiger partial charge in [-0.1, -0.05) is 6.07 Å². The minimum atomic E-state index is -0.808. The molecule has 13 nitrogen and oxygen atoms in total. The number of carbonyl (C=O) groups is 3. The molecule has 53 heavy (non-hydrogen) atoms. The fraction of sp³-hybridized carbons (Fsp3) is 0.410. The van der Waals surface area contributed by atoms with E-state index >= 15 is 4.39 Å². The first kappa shape index (κ1) is 34.4. The Balaban J connectivity index is 0.874. The Bertz CT molecular complexity index is 2360. The standard InChI is InChI=1S/C39H40FN9O4/c1-46-36-32(49(39(46)53)33-13-14-34(50)44-38(33)52)12-10-29(40)35(36)24-15-17-47(18-16-24)21-23-5-8-28(9-6-23)48-22-25-19-26(7-11-30(25)45-48)43-37(51)31-4-2-3-27(20-41)42-31/h2-4,7,10-12,19,22-24,28,33H,5-6,8-9,13-18,21H2,1H3,(H,43,51)(H,44,50,52). The average molecular weight is 718 g/mol. The number of piperidine rings is 2. The number of carbonyl (C=O) groups excluding carboxylic acids is 3. The van der Waals surface area contributed by atoms with Crippen LogP contribution in [0.3, 0.4) is 0 Å². The Morgan fingerprint density at radius 3 is 2.57 bits per heavy atom. The van der Waals surface area contributed by atoms with E-state index < -0.39 is 11.9 Å². The van der Waals surface area contributed by atoms with E-state index in [1.807, 2.05) is 30.5 Å². The van der Waals surface area contributed by atoms with Gasteiger partial charge < -0.3 is 10.2 Å². The first-order valence-corrected chi connectivity index (χ1v) is 18.3. The smallest absolute Gasteiger partial charge is 0.321 e. The van der Waals surface area contributed by atoms with Crippen molar-refractivity contribution in [2.24, 2.45) is 13.0 Å². The number of nitriles is 1. The van der Waals surface area contributed by atoms with Gasteiger partial charge in [0, 0.05) is 42.8 Å². The van der Waals surface area contributed by atoms with Gasteiger partial charge in [-0.05, 0) is 112 Å². The van der Waals surface area contributed by atoms with Gasteiger partial charge >= 0.3 is 5.69 Å². The molecule has 5 aromatic rings. The van der Waals surface area contributed by atoms with Crippen molar-refractivity contribution in [1.82, 2.24) is 34.1 Å². The summed E-state index contributed by atoms with van der Waals surface area (Å²) in [5.74, 6) is -1.06. The van der Waals surface area contributed by atoms with Crippen LogP contribution in [0.1, 0.15) is 91.1 Å². The SMILES string of the molecule is Cn1c(=O)n(C2CCC(=O)NC2=O)c2ccc(F)c(C3CCN(CC4CCC(n5cc6cc(NC(=O)c7cccc(C#N)n7)ccc6n5)CC4)CC3)c21. The number of hydrogen-bond donors (Lipinski definition) is 2. The van der Waals surface area contributed by atoms with Gasteiger partial charge in [0.1, 0.15) is 29.3 Å². The molecule has 2 saturated heterocycles. The van der Waals surface area contributed by atoms with Crippen LogP contribution >= 0.6 is 0 Å². The Hall–Kier alpha value is -5.68. The van der Waals surface area contributed by atoms with Crippen LogP contribution in [0.4, 0.5) is 10.1 Å². The minimum absolute atomic E-state index is 0.0527. The maximum absolute atomic E-state index is 15.6. The fourth-order valence-corrected chi connectivity index (χ4v) is 8.59. The first-order chi connectivity index (χ1) is 25.7. The topological polar surface area (TPSA) is 160 Å². The molecule has 1 aliphatic carbocycles. The molecular formula is C39H40FN9O4. The second-order valence-electron chi connectivity index (χ2n) is 14.6. The molecule has 3 fully saturated rings. The molecule has 3 amide bonds. The predicted octanol–water partition coefficient (Wildman–Crippen LogP) is 4.94. The second-order valence-corrected chi connectivity index (χ2v) is 14.6. The van der Waals surface area contributed by atoms with Crippen molar-refractivity contribution in [3.63, 3.8) is 0 Å². The van der Waals surface area contributed by atoms with Crippen molar-refractivity contribution in [2.45, 2.75) is 69.4 Å². The van der Waals surface area contributed by atoms with Crippen LogP contribution in [0.2, 0.25) is 0 Å². The highest BCUT2D eigenvalue weighted by Crippen LogP contribution is 2.38. The number of amides is 3. The van der Waals surface area contributed by atoms with Crippen molar-refractivity contribution in [1.29, 1.82) is 5.26 Å². The number of likely N-dealkylation sites (tertiary alicyclic amines) is 1. The molecule has 3 aliphatic rings. The highest BCUT2D eigenvalue weighted by Gasteiger charge is 2.34. The summed E-state index contributed by atoms with van der Waals surface area (Å²) in [7, 11) is 1.63. The van der Waals surface area contributed by atoms with E-state index in [1.165, 1.54) is 15.2 Å². The predicted molar refractivity (Wildman–Crippen MR) is 195 cm³/mol. The summed E-state index contributed by atoms with van der Waals surface area (Å²) >= 11 is 0. The largest absolute Gasteiger partial charge is 0.329 e. The summed E-state index contributed by atoms with van der Waals surface area (Å²) in [5, 5.41) is 20.1. The summed E-state index contributed by atoms with van der Waals surface area (Å²) in [6, 6.07) is 14.8. The van der Waals surface area contributed by atoms with Gasteiger partial charge in [0.15, 0.2) is 0 Å². The number of halogens is 1. The van der Waals surface area contributed by atoms with Gasteiger partial charge in [0.25, 0.3) is 5.91 Å². The van der Waals surface area contributed by atoms with Crippen molar-refractivity contribution in [3.05, 3.63) is 88.0 Å². The average Bonchev–Trinajstić information content (AvgIpc) is 3.70. The third-order valence-electron chi connectivity index (χ3n) is 11.3. The molecule has 1 unspecified atom stereocenters. The Labute approximate surface area is 304 Å². The van der Waals surface area contributed by atoms with Crippen LogP contribution in [0, 0.1) is 23.1 Å². The highest BCUT2D eigenvalue weighted by atomic mass is 19.1. The Kier molecular flexibility index (Phi) is 9.11. The van der Waals surface area contributed by atoms with E-state index in [4.69, 9.17) is 10.4 Å². The van der Waals surface area contributed by atoms with E-state index in [2.05, 4.69) is 25.2 Å². The second kappa shape index (κ2) is 14.0. The molecule has 272 valence electrons. The minimum Gasteiger partial charge on any atom is -0.321 e. The Morgan fingerprint density at radius 1 is 1.02 bits per heavy atom. The molecule has 14 heteroatoms. The van der Waals surface area contributed by atoms with Gasteiger partial charge in [0.2, 0.25) is 11.8 Å². The number of nitrogens with one attached hydrogen (secondary N) is 2. The van der Waals surface area contributed by atoms with Gasteiger partial charge in [-0.15, -0.1) is 0 Å². The van der Waals surface area contributed by atoms with Crippen molar-refractivity contribution in [2.75, 3.05) is 25.0 Å². The number of fused-ring (bicyclic) bond motifs is 2. The van der Waals surface area contributed by atoms with Crippen molar-refractivity contribution < 1.29 is 18.8 Å². The molecular weight excluding hydrogens is 677 g/mol. The lowest BCUT2D eigenvalue weighted by Gasteiger charge is -2.37. The van der Waals surface area contributed by atoms with E-state index in [0.29, 0.717) is 34.2 Å². The molecule has 1 atom stereocenters. The lowest BCUT2D eigenvalue weighted by atomic mass is 9.84. The first-order valence-electron chi connectivity index (χ1n) is 18.3. The maximum atomic E-state index is 15.6. The molecule has 0 radical (unpaired) electrons. The zero-order chi connectivity index (χ0) is 36.8. The molecule has 1 saturated carbocycles. The van der Waals surface area contributed by atoms with Crippen molar-refractivity contribution >= 4 is 45.3 Å². The lowest BCUT2D eigenvalue weighted by Crippen LogP contribution is -2.44. The van der Waals surface area contributed by atoms with Crippen LogP contribution in [-0.4, -0.2) is 66.2 Å². The number of pyridine rings is 1. The summed E-state index contributed by atoms with van der Waals surface area (Å²) in [4.78, 5) is 57.1. The molecule has 0 spiro atoms. The van der Waals surface area contributed by atoms with E-state index in [-0.39, 0.29) is 53.5 Å². The number of benzene rings is 2. The van der Waals surface area contributed by atoms with E-state index in [1.54, 1.807) is 31.3 Å². The van der Waals surface area contributed by atoms with Gasteiger partial charge in [-0.3, -0.25) is 33.5 Å².